The van der Waals surface area contributed by atoms with Crippen LogP contribution in [0.5, 0.6) is 0 Å². The van der Waals surface area contributed by atoms with Crippen molar-refractivity contribution in [3.8, 4) is 0 Å². The van der Waals surface area contributed by atoms with E-state index in [1.807, 2.05) is 0 Å². The minimum absolute atomic E-state index is 0.0659. The lowest BCUT2D eigenvalue weighted by Gasteiger charge is -2.22. The van der Waals surface area contributed by atoms with Gasteiger partial charge in [-0.2, -0.15) is 0 Å². The third-order valence-corrected chi connectivity index (χ3v) is 3.76. The number of carbonyl (C=O) groups is 1. The summed E-state index contributed by atoms with van der Waals surface area (Å²) in [6.45, 7) is 5.63. The molecule has 1 unspecified atom stereocenters. The molecule has 18 heavy (non-hydrogen) atoms. The Kier molecular flexibility index (Phi) is 4.54. The highest BCUT2D eigenvalue weighted by atomic mass is 16.5. The Bertz CT molecular complexity index is 417. The van der Waals surface area contributed by atoms with Crippen LogP contribution in [0.15, 0.2) is 18.2 Å². The maximum Gasteiger partial charge on any atom is 0.168 e. The second-order valence-corrected chi connectivity index (χ2v) is 4.98. The van der Waals surface area contributed by atoms with E-state index in [2.05, 4.69) is 32.0 Å². The summed E-state index contributed by atoms with van der Waals surface area (Å²) in [6, 6.07) is 6.32. The Balaban J connectivity index is 2.26. The number of ether oxygens (including phenoxy) is 1. The molecule has 2 rings (SSSR count). The fourth-order valence-corrected chi connectivity index (χ4v) is 2.55. The molecule has 1 saturated heterocycles. The maximum atomic E-state index is 12.6. The molecule has 0 aromatic heterocycles. The molecular formula is C16H22O2. The molecule has 0 bridgehead atoms. The van der Waals surface area contributed by atoms with Gasteiger partial charge in [-0.3, -0.25) is 4.79 Å². The zero-order chi connectivity index (χ0) is 13.0. The van der Waals surface area contributed by atoms with Gasteiger partial charge in [0, 0.05) is 18.1 Å². The molecule has 1 aromatic carbocycles. The lowest BCUT2D eigenvalue weighted by molar-refractivity contribution is 0.0460. The lowest BCUT2D eigenvalue weighted by atomic mass is 9.88. The Labute approximate surface area is 109 Å². The molecule has 1 aromatic rings. The number of carbonyl (C=O) groups excluding carboxylic acids is 1. The van der Waals surface area contributed by atoms with Gasteiger partial charge in [0.25, 0.3) is 0 Å². The molecule has 1 aliphatic rings. The smallest absolute Gasteiger partial charge is 0.168 e. The van der Waals surface area contributed by atoms with Crippen molar-refractivity contribution in [1.29, 1.82) is 0 Å². The van der Waals surface area contributed by atoms with E-state index in [-0.39, 0.29) is 11.7 Å². The van der Waals surface area contributed by atoms with Crippen molar-refractivity contribution >= 4 is 5.78 Å². The van der Waals surface area contributed by atoms with Crippen molar-refractivity contribution in [2.45, 2.75) is 39.5 Å². The molecule has 1 fully saturated rings. The average Bonchev–Trinajstić information content (AvgIpc) is 2.46. The molecule has 0 N–H and O–H groups in total. The molecule has 98 valence electrons. The molecule has 2 heteroatoms. The summed E-state index contributed by atoms with van der Waals surface area (Å²) in [7, 11) is 0. The first kappa shape index (κ1) is 13.3. The fraction of sp³-hybridized carbons (Fsp3) is 0.562. The SMILES string of the molecule is CCc1ccc(CC)c(C(=O)C2CCCOC2)c1. The van der Waals surface area contributed by atoms with Gasteiger partial charge in [0.05, 0.1) is 6.61 Å². The van der Waals surface area contributed by atoms with Gasteiger partial charge in [0.2, 0.25) is 0 Å². The van der Waals surface area contributed by atoms with Crippen LogP contribution in [0.4, 0.5) is 0 Å². The van der Waals surface area contributed by atoms with Crippen molar-refractivity contribution in [3.63, 3.8) is 0 Å². The molecule has 0 radical (unpaired) electrons. The first-order valence-corrected chi connectivity index (χ1v) is 7.00. The Morgan fingerprint density at radius 1 is 1.33 bits per heavy atom. The highest BCUT2D eigenvalue weighted by Gasteiger charge is 2.24. The van der Waals surface area contributed by atoms with Gasteiger partial charge in [0.1, 0.15) is 0 Å². The van der Waals surface area contributed by atoms with Gasteiger partial charge < -0.3 is 4.74 Å². The number of benzene rings is 1. The Hall–Kier alpha value is -1.15. The predicted molar refractivity (Wildman–Crippen MR) is 73.1 cm³/mol. The summed E-state index contributed by atoms with van der Waals surface area (Å²) in [4.78, 5) is 12.6. The number of ketones is 1. The van der Waals surface area contributed by atoms with E-state index in [1.54, 1.807) is 0 Å². The maximum absolute atomic E-state index is 12.6. The fourth-order valence-electron chi connectivity index (χ4n) is 2.55. The molecular weight excluding hydrogens is 224 g/mol. The predicted octanol–water partition coefficient (Wildman–Crippen LogP) is 3.42. The van der Waals surface area contributed by atoms with Gasteiger partial charge in [0.15, 0.2) is 5.78 Å². The van der Waals surface area contributed by atoms with Crippen molar-refractivity contribution in [3.05, 3.63) is 34.9 Å². The van der Waals surface area contributed by atoms with E-state index < -0.39 is 0 Å². The summed E-state index contributed by atoms with van der Waals surface area (Å²) in [5.74, 6) is 0.345. The van der Waals surface area contributed by atoms with E-state index in [4.69, 9.17) is 4.74 Å². The second kappa shape index (κ2) is 6.14. The van der Waals surface area contributed by atoms with Crippen LogP contribution in [0.25, 0.3) is 0 Å². The van der Waals surface area contributed by atoms with E-state index >= 15 is 0 Å². The lowest BCUT2D eigenvalue weighted by Crippen LogP contribution is -2.26. The minimum Gasteiger partial charge on any atom is -0.381 e. The summed E-state index contributed by atoms with van der Waals surface area (Å²) in [5, 5.41) is 0. The van der Waals surface area contributed by atoms with Crippen LogP contribution in [0, 0.1) is 5.92 Å². The molecule has 1 atom stereocenters. The van der Waals surface area contributed by atoms with Crippen LogP contribution < -0.4 is 0 Å². The number of hydrogen-bond donors (Lipinski definition) is 0. The van der Waals surface area contributed by atoms with E-state index in [9.17, 15) is 4.79 Å². The summed E-state index contributed by atoms with van der Waals surface area (Å²) in [5.41, 5.74) is 3.34. The van der Waals surface area contributed by atoms with Crippen molar-refractivity contribution in [2.75, 3.05) is 13.2 Å². The van der Waals surface area contributed by atoms with Crippen LogP contribution in [0.2, 0.25) is 0 Å². The van der Waals surface area contributed by atoms with E-state index in [0.29, 0.717) is 6.61 Å². The third kappa shape index (κ3) is 2.81. The van der Waals surface area contributed by atoms with Gasteiger partial charge in [-0.15, -0.1) is 0 Å². The van der Waals surface area contributed by atoms with Gasteiger partial charge in [-0.1, -0.05) is 26.0 Å². The number of rotatable bonds is 4. The first-order valence-electron chi connectivity index (χ1n) is 7.00. The Morgan fingerprint density at radius 2 is 2.17 bits per heavy atom. The summed E-state index contributed by atoms with van der Waals surface area (Å²) in [6.07, 6.45) is 3.87. The molecule has 0 amide bonds. The Morgan fingerprint density at radius 3 is 2.78 bits per heavy atom. The van der Waals surface area contributed by atoms with Crippen LogP contribution in [-0.2, 0) is 17.6 Å². The zero-order valence-corrected chi connectivity index (χ0v) is 11.4. The van der Waals surface area contributed by atoms with Crippen LogP contribution >= 0.6 is 0 Å². The van der Waals surface area contributed by atoms with Crippen molar-refractivity contribution in [1.82, 2.24) is 0 Å². The van der Waals surface area contributed by atoms with Crippen molar-refractivity contribution in [2.24, 2.45) is 5.92 Å². The average molecular weight is 246 g/mol. The van der Waals surface area contributed by atoms with Crippen LogP contribution in [-0.4, -0.2) is 19.0 Å². The highest BCUT2D eigenvalue weighted by molar-refractivity contribution is 5.99. The molecule has 2 nitrogen and oxygen atoms in total. The normalized spacial score (nSPS) is 19.8. The van der Waals surface area contributed by atoms with Gasteiger partial charge >= 0.3 is 0 Å². The summed E-state index contributed by atoms with van der Waals surface area (Å²) >= 11 is 0. The van der Waals surface area contributed by atoms with Crippen molar-refractivity contribution < 1.29 is 9.53 Å². The highest BCUT2D eigenvalue weighted by Crippen LogP contribution is 2.22. The topological polar surface area (TPSA) is 26.3 Å². The largest absolute Gasteiger partial charge is 0.381 e. The third-order valence-electron chi connectivity index (χ3n) is 3.76. The molecule has 0 spiro atoms. The molecule has 1 aliphatic heterocycles. The number of aryl methyl sites for hydroxylation is 2. The number of Topliss-reactive ketones (excluding diaryl/α,β-unsaturated/α-hetero) is 1. The van der Waals surface area contributed by atoms with E-state index in [1.165, 1.54) is 11.1 Å². The monoisotopic (exact) mass is 246 g/mol. The van der Waals surface area contributed by atoms with E-state index in [0.717, 1.165) is 37.9 Å². The quantitative estimate of drug-likeness (QED) is 0.761. The molecule has 0 aliphatic carbocycles. The van der Waals surface area contributed by atoms with Gasteiger partial charge in [-0.25, -0.2) is 0 Å². The van der Waals surface area contributed by atoms with Crippen LogP contribution in [0.3, 0.4) is 0 Å². The first-order chi connectivity index (χ1) is 8.76. The van der Waals surface area contributed by atoms with Crippen LogP contribution in [0.1, 0.15) is 48.2 Å². The summed E-state index contributed by atoms with van der Waals surface area (Å²) < 4.78 is 5.43. The minimum atomic E-state index is 0.0659. The second-order valence-electron chi connectivity index (χ2n) is 4.98. The molecule has 1 heterocycles. The number of hydrogen-bond acceptors (Lipinski definition) is 2. The molecule has 0 saturated carbocycles. The standard InChI is InChI=1S/C16H22O2/c1-3-12-7-8-13(4-2)15(10-12)16(17)14-6-5-9-18-11-14/h7-8,10,14H,3-6,9,11H2,1-2H3. The van der Waals surface area contributed by atoms with Gasteiger partial charge in [-0.05, 0) is 42.9 Å². The zero-order valence-electron chi connectivity index (χ0n) is 11.4.